The molecule has 0 atom stereocenters. The quantitative estimate of drug-likeness (QED) is 0.734. The number of nitrogens with one attached hydrogen (secondary N) is 2. The zero-order valence-electron chi connectivity index (χ0n) is 17.0. The number of nitrogens with zero attached hydrogens (tertiary/aromatic N) is 1. The van der Waals surface area contributed by atoms with E-state index in [0.717, 1.165) is 56.7 Å². The van der Waals surface area contributed by atoms with Crippen LogP contribution < -0.4 is 10.2 Å². The Morgan fingerprint density at radius 1 is 1.00 bits per heavy atom. The number of quaternary nitrogens is 1. The van der Waals surface area contributed by atoms with Gasteiger partial charge < -0.3 is 15.1 Å². The Kier molecular flexibility index (Phi) is 7.58. The van der Waals surface area contributed by atoms with Crippen LogP contribution >= 0.6 is 0 Å². The topological polar surface area (TPSA) is 36.8 Å². The summed E-state index contributed by atoms with van der Waals surface area (Å²) in [6.45, 7) is 7.07. The van der Waals surface area contributed by atoms with E-state index in [-0.39, 0.29) is 23.6 Å². The van der Waals surface area contributed by atoms with Crippen molar-refractivity contribution in [3.63, 3.8) is 0 Å². The molecule has 1 heterocycles. The highest BCUT2D eigenvalue weighted by atomic mass is 19.1. The van der Waals surface area contributed by atoms with Gasteiger partial charge in [0.25, 0.3) is 0 Å². The molecule has 0 bridgehead atoms. The molecule has 6 heteroatoms. The predicted molar refractivity (Wildman–Crippen MR) is 110 cm³/mol. The van der Waals surface area contributed by atoms with Crippen molar-refractivity contribution in [1.29, 1.82) is 0 Å². The van der Waals surface area contributed by atoms with Gasteiger partial charge in [0.05, 0.1) is 32.7 Å². The standard InChI is InChI=1S/C23H29F2N3O/c1-2-26-23(29)28-16-14-27(15-17-28)13-3-4-22(18-5-9-20(24)10-6-18)19-7-11-21(25)12-8-19/h5-12,22H,2-4,13-17H2,1H3,(H,26,29)/p+1. The van der Waals surface area contributed by atoms with Gasteiger partial charge >= 0.3 is 6.03 Å². The van der Waals surface area contributed by atoms with Gasteiger partial charge in [-0.1, -0.05) is 24.3 Å². The van der Waals surface area contributed by atoms with Crippen LogP contribution in [0.1, 0.15) is 36.8 Å². The molecule has 1 saturated heterocycles. The third-order valence-corrected chi connectivity index (χ3v) is 5.65. The average molecular weight is 403 g/mol. The molecular formula is C23H30F2N3O+. The Morgan fingerprint density at radius 2 is 1.52 bits per heavy atom. The molecule has 0 aromatic heterocycles. The summed E-state index contributed by atoms with van der Waals surface area (Å²) in [6, 6.07) is 13.2. The lowest BCUT2D eigenvalue weighted by Crippen LogP contribution is -3.14. The minimum atomic E-state index is -0.249. The number of benzene rings is 2. The lowest BCUT2D eigenvalue weighted by Gasteiger charge is -2.32. The van der Waals surface area contributed by atoms with E-state index < -0.39 is 0 Å². The van der Waals surface area contributed by atoms with Crippen LogP contribution in [0.3, 0.4) is 0 Å². The van der Waals surface area contributed by atoms with Gasteiger partial charge in [-0.3, -0.25) is 0 Å². The van der Waals surface area contributed by atoms with Crippen molar-refractivity contribution in [2.45, 2.75) is 25.7 Å². The first kappa shape index (κ1) is 21.2. The van der Waals surface area contributed by atoms with Crippen molar-refractivity contribution in [2.75, 3.05) is 39.3 Å². The average Bonchev–Trinajstić information content (AvgIpc) is 2.74. The van der Waals surface area contributed by atoms with E-state index in [1.54, 1.807) is 0 Å². The van der Waals surface area contributed by atoms with Gasteiger partial charge in [0.2, 0.25) is 0 Å². The molecule has 29 heavy (non-hydrogen) atoms. The first-order chi connectivity index (χ1) is 14.1. The molecule has 0 radical (unpaired) electrons. The van der Waals surface area contributed by atoms with Crippen molar-refractivity contribution < 1.29 is 18.5 Å². The van der Waals surface area contributed by atoms with Crippen LogP contribution in [-0.2, 0) is 0 Å². The molecule has 3 rings (SSSR count). The molecule has 0 saturated carbocycles. The van der Waals surface area contributed by atoms with Crippen molar-refractivity contribution >= 4 is 6.03 Å². The number of urea groups is 1. The van der Waals surface area contributed by atoms with E-state index in [9.17, 15) is 13.6 Å². The van der Waals surface area contributed by atoms with Crippen LogP contribution in [0, 0.1) is 11.6 Å². The third-order valence-electron chi connectivity index (χ3n) is 5.65. The van der Waals surface area contributed by atoms with E-state index in [0.29, 0.717) is 6.54 Å². The monoisotopic (exact) mass is 402 g/mol. The van der Waals surface area contributed by atoms with Crippen molar-refractivity contribution in [2.24, 2.45) is 0 Å². The second kappa shape index (κ2) is 10.3. The molecule has 1 aliphatic rings. The first-order valence-electron chi connectivity index (χ1n) is 10.4. The van der Waals surface area contributed by atoms with Crippen LogP contribution in [0.25, 0.3) is 0 Å². The Bertz CT molecular complexity index is 726. The maximum atomic E-state index is 13.4. The summed E-state index contributed by atoms with van der Waals surface area (Å²) < 4.78 is 26.7. The highest BCUT2D eigenvalue weighted by molar-refractivity contribution is 5.74. The molecule has 0 spiro atoms. The summed E-state index contributed by atoms with van der Waals surface area (Å²) in [5.74, 6) is -0.380. The summed E-state index contributed by atoms with van der Waals surface area (Å²) in [5, 5.41) is 2.86. The van der Waals surface area contributed by atoms with Gasteiger partial charge in [-0.2, -0.15) is 0 Å². The maximum absolute atomic E-state index is 13.4. The molecule has 0 aliphatic carbocycles. The van der Waals surface area contributed by atoms with Crippen LogP contribution in [0.15, 0.2) is 48.5 Å². The van der Waals surface area contributed by atoms with Crippen molar-refractivity contribution in [3.05, 3.63) is 71.3 Å². The molecule has 4 nitrogen and oxygen atoms in total. The van der Waals surface area contributed by atoms with Crippen molar-refractivity contribution in [3.8, 4) is 0 Å². The molecule has 2 aromatic carbocycles. The van der Waals surface area contributed by atoms with E-state index in [2.05, 4.69) is 5.32 Å². The summed E-state index contributed by atoms with van der Waals surface area (Å²) >= 11 is 0. The number of rotatable bonds is 7. The lowest BCUT2D eigenvalue weighted by atomic mass is 9.87. The van der Waals surface area contributed by atoms with Crippen LogP contribution in [0.5, 0.6) is 0 Å². The van der Waals surface area contributed by atoms with Gasteiger partial charge in [0, 0.05) is 12.5 Å². The Labute approximate surface area is 171 Å². The first-order valence-corrected chi connectivity index (χ1v) is 10.4. The molecule has 1 fully saturated rings. The minimum Gasteiger partial charge on any atom is -0.338 e. The molecule has 0 unspecified atom stereocenters. The molecule has 156 valence electrons. The fraction of sp³-hybridized carbons (Fsp3) is 0.435. The molecule has 2 amide bonds. The largest absolute Gasteiger partial charge is 0.338 e. The number of piperazine rings is 1. The summed E-state index contributed by atoms with van der Waals surface area (Å²) in [5.41, 5.74) is 2.10. The molecule has 2 aromatic rings. The maximum Gasteiger partial charge on any atom is 0.317 e. The van der Waals surface area contributed by atoms with Crippen molar-refractivity contribution in [1.82, 2.24) is 10.2 Å². The highest BCUT2D eigenvalue weighted by Gasteiger charge is 2.23. The van der Waals surface area contributed by atoms with Crippen LogP contribution in [0.4, 0.5) is 13.6 Å². The fourth-order valence-corrected chi connectivity index (χ4v) is 4.01. The Morgan fingerprint density at radius 3 is 2.00 bits per heavy atom. The van der Waals surface area contributed by atoms with Gasteiger partial charge in [-0.05, 0) is 55.2 Å². The summed E-state index contributed by atoms with van der Waals surface area (Å²) in [7, 11) is 0. The molecule has 1 aliphatic heterocycles. The minimum absolute atomic E-state index is 0.0271. The lowest BCUT2D eigenvalue weighted by molar-refractivity contribution is -0.904. The zero-order chi connectivity index (χ0) is 20.6. The summed E-state index contributed by atoms with van der Waals surface area (Å²) in [6.07, 6.45) is 1.93. The highest BCUT2D eigenvalue weighted by Crippen LogP contribution is 2.29. The second-order valence-corrected chi connectivity index (χ2v) is 7.62. The smallest absolute Gasteiger partial charge is 0.317 e. The fourth-order valence-electron chi connectivity index (χ4n) is 4.01. The second-order valence-electron chi connectivity index (χ2n) is 7.62. The normalized spacial score (nSPS) is 15.0. The number of hydrogen-bond donors (Lipinski definition) is 2. The zero-order valence-corrected chi connectivity index (χ0v) is 17.0. The van der Waals surface area contributed by atoms with E-state index >= 15 is 0 Å². The SMILES string of the molecule is CCNC(=O)N1CC[NH+](CCCC(c2ccc(F)cc2)c2ccc(F)cc2)CC1. The number of halogens is 2. The molecule has 2 N–H and O–H groups in total. The number of hydrogen-bond acceptors (Lipinski definition) is 1. The van der Waals surface area contributed by atoms with E-state index in [4.69, 9.17) is 0 Å². The predicted octanol–water partition coefficient (Wildman–Crippen LogP) is 2.81. The van der Waals surface area contributed by atoms with Gasteiger partial charge in [-0.15, -0.1) is 0 Å². The van der Waals surface area contributed by atoms with E-state index in [1.165, 1.54) is 29.2 Å². The number of amides is 2. The Hall–Kier alpha value is -2.47. The third kappa shape index (κ3) is 6.00. The van der Waals surface area contributed by atoms with Crippen LogP contribution in [0.2, 0.25) is 0 Å². The number of carbonyl (C=O) groups is 1. The van der Waals surface area contributed by atoms with E-state index in [1.807, 2.05) is 36.1 Å². The summed E-state index contributed by atoms with van der Waals surface area (Å²) in [4.78, 5) is 15.3. The number of carbonyl (C=O) groups excluding carboxylic acids is 1. The van der Waals surface area contributed by atoms with Gasteiger partial charge in [0.1, 0.15) is 11.6 Å². The molecular weight excluding hydrogens is 372 g/mol. The van der Waals surface area contributed by atoms with Gasteiger partial charge in [0.15, 0.2) is 0 Å². The van der Waals surface area contributed by atoms with Crippen LogP contribution in [-0.4, -0.2) is 50.2 Å². The van der Waals surface area contributed by atoms with Gasteiger partial charge in [-0.25, -0.2) is 13.6 Å². The Balaban J connectivity index is 1.56.